The molecule has 0 aromatic heterocycles. The lowest BCUT2D eigenvalue weighted by Crippen LogP contribution is -2.57. The van der Waals surface area contributed by atoms with E-state index < -0.39 is 9.73 Å². The molecule has 2 fully saturated rings. The fourth-order valence-electron chi connectivity index (χ4n) is 3.75. The summed E-state index contributed by atoms with van der Waals surface area (Å²) in [4.78, 5) is 14.4. The number of ether oxygens (including phenoxy) is 2. The van der Waals surface area contributed by atoms with E-state index in [2.05, 4.69) is 23.4 Å². The minimum Gasteiger partial charge on any atom is -0.371 e. The molecular formula is C20H30N2O4S. The number of carbonyl (C=O) groups is 1. The molecule has 3 rings (SSSR count). The van der Waals surface area contributed by atoms with E-state index in [1.165, 1.54) is 5.56 Å². The predicted molar refractivity (Wildman–Crippen MR) is 106 cm³/mol. The van der Waals surface area contributed by atoms with Crippen LogP contribution >= 0.6 is 0 Å². The van der Waals surface area contributed by atoms with Gasteiger partial charge in [0, 0.05) is 47.3 Å². The van der Waals surface area contributed by atoms with Crippen LogP contribution in [0.4, 0.5) is 0 Å². The second-order valence-electron chi connectivity index (χ2n) is 7.54. The maximum Gasteiger partial charge on any atom is 0.248 e. The van der Waals surface area contributed by atoms with Crippen molar-refractivity contribution in [3.05, 3.63) is 35.9 Å². The number of benzene rings is 1. The highest BCUT2D eigenvalue weighted by atomic mass is 32.2. The molecular weight excluding hydrogens is 364 g/mol. The largest absolute Gasteiger partial charge is 0.371 e. The number of hydrogen-bond donors (Lipinski definition) is 0. The molecule has 150 valence electrons. The first kappa shape index (κ1) is 20.3. The summed E-state index contributed by atoms with van der Waals surface area (Å²) in [7, 11) is -0.444. The van der Waals surface area contributed by atoms with Gasteiger partial charge in [0.25, 0.3) is 0 Å². The molecule has 2 aliphatic heterocycles. The van der Waals surface area contributed by atoms with Gasteiger partial charge in [0.2, 0.25) is 5.91 Å². The van der Waals surface area contributed by atoms with Crippen LogP contribution in [0, 0.1) is 0 Å². The van der Waals surface area contributed by atoms with E-state index in [1.807, 2.05) is 23.1 Å². The highest BCUT2D eigenvalue weighted by Crippen LogP contribution is 2.32. The van der Waals surface area contributed by atoms with Crippen molar-refractivity contribution in [1.29, 1.82) is 0 Å². The molecule has 0 aliphatic carbocycles. The molecule has 2 aliphatic rings. The first-order valence-electron chi connectivity index (χ1n) is 9.60. The van der Waals surface area contributed by atoms with E-state index in [9.17, 15) is 9.00 Å². The number of hydrogen-bond acceptors (Lipinski definition) is 5. The Kier molecular flexibility index (Phi) is 6.55. The summed E-state index contributed by atoms with van der Waals surface area (Å²) in [5, 5.41) is 0. The van der Waals surface area contributed by atoms with E-state index in [4.69, 9.17) is 9.47 Å². The molecule has 1 unspecified atom stereocenters. The molecule has 7 heteroatoms. The van der Waals surface area contributed by atoms with E-state index in [0.717, 1.165) is 0 Å². The van der Waals surface area contributed by atoms with Gasteiger partial charge < -0.3 is 14.4 Å². The first-order chi connectivity index (χ1) is 13.0. The fraction of sp³-hybridized carbons (Fsp3) is 0.650. The summed E-state index contributed by atoms with van der Waals surface area (Å²) in [6.07, 6.45) is 1.39. The van der Waals surface area contributed by atoms with E-state index >= 15 is 0 Å². The van der Waals surface area contributed by atoms with Crippen molar-refractivity contribution in [3.8, 4) is 0 Å². The Bertz CT molecular complexity index is 745. The highest BCUT2D eigenvalue weighted by molar-refractivity contribution is 7.93. The quantitative estimate of drug-likeness (QED) is 0.768. The molecule has 27 heavy (non-hydrogen) atoms. The molecule has 1 amide bonds. The number of carbonyl (C=O) groups excluding carboxylic acids is 1. The zero-order chi connectivity index (χ0) is 19.3. The zero-order valence-corrected chi connectivity index (χ0v) is 17.1. The zero-order valence-electron chi connectivity index (χ0n) is 16.3. The summed E-state index contributed by atoms with van der Waals surface area (Å²) >= 11 is 0. The van der Waals surface area contributed by atoms with Gasteiger partial charge in [0.1, 0.15) is 6.61 Å². The maximum atomic E-state index is 12.6. The second-order valence-corrected chi connectivity index (χ2v) is 10.3. The van der Waals surface area contributed by atoms with Crippen molar-refractivity contribution in [2.45, 2.75) is 31.3 Å². The first-order valence-corrected chi connectivity index (χ1v) is 11.5. The topological polar surface area (TPSA) is 68.2 Å². The van der Waals surface area contributed by atoms with Crippen LogP contribution in [-0.4, -0.2) is 72.1 Å². The van der Waals surface area contributed by atoms with Gasteiger partial charge in [-0.25, -0.2) is 8.57 Å². The minimum absolute atomic E-state index is 0.00410. The Morgan fingerprint density at radius 2 is 2.04 bits per heavy atom. The summed E-state index contributed by atoms with van der Waals surface area (Å²) in [6.45, 7) is 4.38. The third kappa shape index (κ3) is 5.09. The Labute approximate surface area is 162 Å². The van der Waals surface area contributed by atoms with Gasteiger partial charge in [0.15, 0.2) is 0 Å². The second kappa shape index (κ2) is 8.71. The van der Waals surface area contributed by atoms with Gasteiger partial charge in [-0.05, 0) is 18.4 Å². The van der Waals surface area contributed by atoms with Crippen LogP contribution in [0.1, 0.15) is 31.2 Å². The van der Waals surface area contributed by atoms with Crippen molar-refractivity contribution < 1.29 is 18.5 Å². The normalized spacial score (nSPS) is 29.5. The van der Waals surface area contributed by atoms with Crippen molar-refractivity contribution >= 4 is 15.6 Å². The van der Waals surface area contributed by atoms with Crippen molar-refractivity contribution in [2.24, 2.45) is 4.36 Å². The minimum atomic E-state index is -2.07. The van der Waals surface area contributed by atoms with Crippen LogP contribution in [0.3, 0.4) is 0 Å². The molecule has 2 saturated heterocycles. The number of morpholine rings is 1. The Morgan fingerprint density at radius 3 is 2.70 bits per heavy atom. The molecule has 1 spiro atoms. The molecule has 0 bridgehead atoms. The average Bonchev–Trinajstić information content (AvgIpc) is 2.71. The average molecular weight is 395 g/mol. The molecule has 1 aromatic carbocycles. The summed E-state index contributed by atoms with van der Waals surface area (Å²) in [6, 6.07) is 10.2. The maximum absolute atomic E-state index is 12.6. The summed E-state index contributed by atoms with van der Waals surface area (Å²) in [5.74, 6) is 1.36. The lowest BCUT2D eigenvalue weighted by molar-refractivity contribution is -0.156. The third-order valence-electron chi connectivity index (χ3n) is 5.65. The van der Waals surface area contributed by atoms with Gasteiger partial charge >= 0.3 is 0 Å². The number of rotatable bonds is 5. The Morgan fingerprint density at radius 1 is 1.33 bits per heavy atom. The molecule has 0 saturated carbocycles. The molecule has 2 heterocycles. The van der Waals surface area contributed by atoms with E-state index in [0.29, 0.717) is 50.7 Å². The molecule has 0 radical (unpaired) electrons. The molecule has 6 nitrogen and oxygen atoms in total. The van der Waals surface area contributed by atoms with Crippen LogP contribution in [0.25, 0.3) is 0 Å². The van der Waals surface area contributed by atoms with Crippen LogP contribution < -0.4 is 0 Å². The van der Waals surface area contributed by atoms with Gasteiger partial charge in [-0.15, -0.1) is 0 Å². The van der Waals surface area contributed by atoms with Gasteiger partial charge in [-0.1, -0.05) is 37.3 Å². The van der Waals surface area contributed by atoms with Crippen LogP contribution in [-0.2, 0) is 24.0 Å². The Balaban J connectivity index is 1.48. The van der Waals surface area contributed by atoms with Crippen LogP contribution in [0.2, 0.25) is 0 Å². The monoisotopic (exact) mass is 394 g/mol. The molecule has 1 atom stereocenters. The van der Waals surface area contributed by atoms with E-state index in [1.54, 1.807) is 7.05 Å². The van der Waals surface area contributed by atoms with Gasteiger partial charge in [-0.2, -0.15) is 0 Å². The number of amides is 1. The van der Waals surface area contributed by atoms with Crippen molar-refractivity contribution in [3.63, 3.8) is 0 Å². The van der Waals surface area contributed by atoms with Crippen LogP contribution in [0.15, 0.2) is 34.7 Å². The lowest BCUT2D eigenvalue weighted by Gasteiger charge is -2.45. The predicted octanol–water partition coefficient (Wildman–Crippen LogP) is 2.30. The summed E-state index contributed by atoms with van der Waals surface area (Å²) < 4.78 is 28.2. The van der Waals surface area contributed by atoms with Crippen molar-refractivity contribution in [2.75, 3.05) is 51.5 Å². The van der Waals surface area contributed by atoms with Crippen LogP contribution in [0.5, 0.6) is 0 Å². The highest BCUT2D eigenvalue weighted by Gasteiger charge is 2.42. The van der Waals surface area contributed by atoms with Gasteiger partial charge in [-0.3, -0.25) is 4.79 Å². The number of nitrogens with zero attached hydrogens (tertiary/aromatic N) is 2. The molecule has 0 N–H and O–H groups in total. The fourth-order valence-corrected chi connectivity index (χ4v) is 5.70. The standard InChI is InChI=1S/C20H30N2O4S/c1-17(18-6-4-3-5-7-18)14-25-15-19(23)22-10-11-26-20(16-22)8-12-27(24,21-2)13-9-20/h3-7,17H,8-16H2,1-2H3. The summed E-state index contributed by atoms with van der Waals surface area (Å²) in [5.41, 5.74) is 0.846. The third-order valence-corrected chi connectivity index (χ3v) is 8.00. The lowest BCUT2D eigenvalue weighted by atomic mass is 9.94. The Hall–Kier alpha value is -1.44. The van der Waals surface area contributed by atoms with Crippen molar-refractivity contribution in [1.82, 2.24) is 4.90 Å². The smallest absolute Gasteiger partial charge is 0.248 e. The molecule has 1 aromatic rings. The SMILES string of the molecule is CN=S1(=O)CCC2(CC1)CN(C(=O)COCC(C)c1ccccc1)CCO2. The van der Waals surface area contributed by atoms with E-state index in [-0.39, 0.29) is 24.0 Å². The van der Waals surface area contributed by atoms with Gasteiger partial charge in [0.05, 0.1) is 18.8 Å².